The SMILES string of the molecule is COc1ccc([C@@H](c2sc3ncnn3c2O)N2CCN(C(=O)c3ccco3)CC2)cc1. The topological polar surface area (TPSA) is 96.3 Å². The first-order chi connectivity index (χ1) is 15.2. The van der Waals surface area contributed by atoms with E-state index in [1.165, 1.54) is 28.4 Å². The summed E-state index contributed by atoms with van der Waals surface area (Å²) in [6.45, 7) is 2.42. The summed E-state index contributed by atoms with van der Waals surface area (Å²) in [5.74, 6) is 1.10. The molecule has 0 radical (unpaired) electrons. The van der Waals surface area contributed by atoms with E-state index in [4.69, 9.17) is 9.15 Å². The number of aromatic nitrogens is 3. The van der Waals surface area contributed by atoms with Crippen LogP contribution in [0.3, 0.4) is 0 Å². The summed E-state index contributed by atoms with van der Waals surface area (Å²) in [6.07, 6.45) is 2.93. The van der Waals surface area contributed by atoms with Crippen LogP contribution in [0.4, 0.5) is 0 Å². The summed E-state index contributed by atoms with van der Waals surface area (Å²) in [4.78, 5) is 22.3. The van der Waals surface area contributed by atoms with E-state index in [9.17, 15) is 9.90 Å². The Morgan fingerprint density at radius 1 is 1.19 bits per heavy atom. The third-order valence-corrected chi connectivity index (χ3v) is 6.60. The van der Waals surface area contributed by atoms with Crippen molar-refractivity contribution in [2.45, 2.75) is 6.04 Å². The van der Waals surface area contributed by atoms with Gasteiger partial charge < -0.3 is 19.2 Å². The number of carbonyl (C=O) groups excluding carboxylic acids is 1. The molecule has 1 fully saturated rings. The third-order valence-electron chi connectivity index (χ3n) is 5.52. The lowest BCUT2D eigenvalue weighted by molar-refractivity contribution is 0.0568. The lowest BCUT2D eigenvalue weighted by Crippen LogP contribution is -2.49. The van der Waals surface area contributed by atoms with Gasteiger partial charge in [-0.3, -0.25) is 9.69 Å². The molecule has 4 aromatic rings. The number of benzene rings is 1. The smallest absolute Gasteiger partial charge is 0.289 e. The average Bonchev–Trinajstić information content (AvgIpc) is 3.55. The van der Waals surface area contributed by atoms with E-state index in [0.29, 0.717) is 36.9 Å². The molecule has 0 unspecified atom stereocenters. The summed E-state index contributed by atoms with van der Waals surface area (Å²) >= 11 is 1.41. The van der Waals surface area contributed by atoms with Crippen LogP contribution in [0.2, 0.25) is 0 Å². The van der Waals surface area contributed by atoms with Gasteiger partial charge in [-0.25, -0.2) is 4.98 Å². The molecule has 0 saturated carbocycles. The predicted molar refractivity (Wildman–Crippen MR) is 114 cm³/mol. The number of furan rings is 1. The Hall–Kier alpha value is -3.37. The number of rotatable bonds is 5. The molecule has 5 rings (SSSR count). The standard InChI is InChI=1S/C21H21N5O4S/c1-29-15-6-4-14(5-7-15)17(18-20(28)26-21(31-18)22-13-23-26)24-8-10-25(11-9-24)19(27)16-3-2-12-30-16/h2-7,12-13,17,28H,8-11H2,1H3/t17-/m0/s1. The van der Waals surface area contributed by atoms with E-state index < -0.39 is 0 Å². The molecule has 0 bridgehead atoms. The summed E-state index contributed by atoms with van der Waals surface area (Å²) < 4.78 is 12.0. The van der Waals surface area contributed by atoms with Crippen molar-refractivity contribution < 1.29 is 19.1 Å². The lowest BCUT2D eigenvalue weighted by atomic mass is 10.0. The van der Waals surface area contributed by atoms with Gasteiger partial charge >= 0.3 is 0 Å². The largest absolute Gasteiger partial charge is 0.497 e. The Kier molecular flexibility index (Phi) is 5.08. The monoisotopic (exact) mass is 439 g/mol. The molecule has 0 aliphatic carbocycles. The van der Waals surface area contributed by atoms with E-state index in [2.05, 4.69) is 15.0 Å². The zero-order chi connectivity index (χ0) is 21.4. The van der Waals surface area contributed by atoms with Crippen molar-refractivity contribution in [2.24, 2.45) is 0 Å². The van der Waals surface area contributed by atoms with Gasteiger partial charge in [0.25, 0.3) is 5.91 Å². The first-order valence-electron chi connectivity index (χ1n) is 9.88. The maximum absolute atomic E-state index is 12.6. The minimum Gasteiger partial charge on any atom is -0.497 e. The average molecular weight is 439 g/mol. The molecular formula is C21H21N5O4S. The minimum atomic E-state index is -0.194. The summed E-state index contributed by atoms with van der Waals surface area (Å²) in [5.41, 5.74) is 1.02. The number of ether oxygens (including phenoxy) is 1. The van der Waals surface area contributed by atoms with Gasteiger partial charge in [0.2, 0.25) is 10.8 Å². The molecule has 3 aromatic heterocycles. The fourth-order valence-corrected chi connectivity index (χ4v) is 5.02. The van der Waals surface area contributed by atoms with Gasteiger partial charge in [0.05, 0.1) is 24.3 Å². The molecule has 1 N–H and O–H groups in total. The normalized spacial score (nSPS) is 16.0. The molecule has 1 saturated heterocycles. The number of carbonyl (C=O) groups is 1. The number of methoxy groups -OCH3 is 1. The fourth-order valence-electron chi connectivity index (χ4n) is 3.93. The van der Waals surface area contributed by atoms with Crippen LogP contribution in [0.1, 0.15) is 27.0 Å². The van der Waals surface area contributed by atoms with Gasteiger partial charge in [-0.2, -0.15) is 9.61 Å². The maximum Gasteiger partial charge on any atom is 0.289 e. The quantitative estimate of drug-likeness (QED) is 0.511. The lowest BCUT2D eigenvalue weighted by Gasteiger charge is -2.38. The van der Waals surface area contributed by atoms with E-state index >= 15 is 0 Å². The zero-order valence-corrected chi connectivity index (χ0v) is 17.7. The van der Waals surface area contributed by atoms with Crippen molar-refractivity contribution in [3.8, 4) is 11.6 Å². The number of amides is 1. The number of aromatic hydroxyl groups is 1. The Balaban J connectivity index is 1.44. The Bertz CT molecular complexity index is 1180. The third kappa shape index (κ3) is 3.53. The highest BCUT2D eigenvalue weighted by Gasteiger charge is 2.33. The van der Waals surface area contributed by atoms with Crippen molar-refractivity contribution in [3.63, 3.8) is 0 Å². The van der Waals surface area contributed by atoms with Crippen molar-refractivity contribution >= 4 is 22.2 Å². The first-order valence-corrected chi connectivity index (χ1v) is 10.7. The van der Waals surface area contributed by atoms with E-state index in [1.54, 1.807) is 24.1 Å². The van der Waals surface area contributed by atoms with Crippen molar-refractivity contribution in [2.75, 3.05) is 33.3 Å². The molecule has 9 nitrogen and oxygen atoms in total. The predicted octanol–water partition coefficient (Wildman–Crippen LogP) is 2.65. The summed E-state index contributed by atoms with van der Waals surface area (Å²) in [5, 5.41) is 15.0. The highest BCUT2D eigenvalue weighted by molar-refractivity contribution is 7.17. The van der Waals surface area contributed by atoms with E-state index in [0.717, 1.165) is 16.2 Å². The van der Waals surface area contributed by atoms with E-state index in [1.807, 2.05) is 24.3 Å². The molecule has 0 spiro atoms. The molecular weight excluding hydrogens is 418 g/mol. The van der Waals surface area contributed by atoms with Crippen LogP contribution in [-0.4, -0.2) is 68.7 Å². The van der Waals surface area contributed by atoms with Crippen LogP contribution in [0.15, 0.2) is 53.4 Å². The number of hydrogen-bond acceptors (Lipinski definition) is 8. The second-order valence-electron chi connectivity index (χ2n) is 7.23. The van der Waals surface area contributed by atoms with Gasteiger partial charge in [0.15, 0.2) is 5.76 Å². The summed E-state index contributed by atoms with van der Waals surface area (Å²) in [7, 11) is 1.63. The minimum absolute atomic E-state index is 0.0902. The van der Waals surface area contributed by atoms with Gasteiger partial charge in [0.1, 0.15) is 12.1 Å². The zero-order valence-electron chi connectivity index (χ0n) is 16.8. The molecule has 1 aliphatic rings. The fraction of sp³-hybridized carbons (Fsp3) is 0.286. The van der Waals surface area contributed by atoms with Crippen molar-refractivity contribution in [3.05, 3.63) is 65.2 Å². The second kappa shape index (κ2) is 8.05. The molecule has 10 heteroatoms. The molecule has 1 amide bonds. The van der Waals surface area contributed by atoms with Gasteiger partial charge in [-0.15, -0.1) is 0 Å². The first kappa shape index (κ1) is 19.6. The number of piperazine rings is 1. The Morgan fingerprint density at radius 2 is 1.97 bits per heavy atom. The van der Waals surface area contributed by atoms with Crippen LogP contribution >= 0.6 is 11.3 Å². The maximum atomic E-state index is 12.6. The van der Waals surface area contributed by atoms with Crippen molar-refractivity contribution in [1.82, 2.24) is 24.4 Å². The molecule has 1 aliphatic heterocycles. The molecule has 4 heterocycles. The molecule has 31 heavy (non-hydrogen) atoms. The number of thiazole rings is 1. The Labute approximate surface area is 182 Å². The highest BCUT2D eigenvalue weighted by atomic mass is 32.1. The number of fused-ring (bicyclic) bond motifs is 1. The number of nitrogens with zero attached hydrogens (tertiary/aromatic N) is 5. The van der Waals surface area contributed by atoms with E-state index in [-0.39, 0.29) is 17.8 Å². The summed E-state index contributed by atoms with van der Waals surface area (Å²) in [6, 6.07) is 11.0. The van der Waals surface area contributed by atoms with Gasteiger partial charge in [-0.1, -0.05) is 23.5 Å². The van der Waals surface area contributed by atoms with Crippen LogP contribution in [-0.2, 0) is 0 Å². The van der Waals surface area contributed by atoms with Crippen molar-refractivity contribution in [1.29, 1.82) is 0 Å². The Morgan fingerprint density at radius 3 is 2.61 bits per heavy atom. The van der Waals surface area contributed by atoms with Gasteiger partial charge in [-0.05, 0) is 29.8 Å². The van der Waals surface area contributed by atoms with Crippen LogP contribution in [0.5, 0.6) is 11.6 Å². The second-order valence-corrected chi connectivity index (χ2v) is 8.23. The highest BCUT2D eigenvalue weighted by Crippen LogP contribution is 2.40. The molecule has 1 aromatic carbocycles. The molecule has 160 valence electrons. The van der Waals surface area contributed by atoms with Crippen LogP contribution in [0.25, 0.3) is 4.96 Å². The van der Waals surface area contributed by atoms with Crippen LogP contribution in [0, 0.1) is 0 Å². The number of hydrogen-bond donors (Lipinski definition) is 1. The molecule has 1 atom stereocenters. The van der Waals surface area contributed by atoms with Gasteiger partial charge in [0, 0.05) is 26.2 Å². The van der Waals surface area contributed by atoms with Crippen LogP contribution < -0.4 is 4.74 Å².